The highest BCUT2D eigenvalue weighted by Crippen LogP contribution is 2.23. The third-order valence-corrected chi connectivity index (χ3v) is 4.03. The standard InChI is InChI=1S/C13H11N5O2S2/c1-8-3-2-4-9(5-8)11-16-18-13(20-11)21-6-10(19)15-12-17-14-7-22-12/h2-5,7H,6H2,1H3,(H,15,17,19). The summed E-state index contributed by atoms with van der Waals surface area (Å²) in [4.78, 5) is 11.7. The molecule has 0 bridgehead atoms. The van der Waals surface area contributed by atoms with Crippen molar-refractivity contribution >= 4 is 34.1 Å². The van der Waals surface area contributed by atoms with Gasteiger partial charge in [0.25, 0.3) is 5.22 Å². The minimum Gasteiger partial charge on any atom is -0.411 e. The van der Waals surface area contributed by atoms with Crippen molar-refractivity contribution in [3.63, 3.8) is 0 Å². The number of amides is 1. The van der Waals surface area contributed by atoms with Crippen LogP contribution in [0, 0.1) is 6.92 Å². The van der Waals surface area contributed by atoms with Crippen molar-refractivity contribution in [3.8, 4) is 11.5 Å². The SMILES string of the molecule is Cc1cccc(-c2nnc(SCC(=O)Nc3nncs3)o2)c1. The van der Waals surface area contributed by atoms with Gasteiger partial charge in [-0.1, -0.05) is 40.8 Å². The Bertz CT molecular complexity index is 772. The summed E-state index contributed by atoms with van der Waals surface area (Å²) in [5, 5.41) is 18.8. The average molecular weight is 333 g/mol. The van der Waals surface area contributed by atoms with Gasteiger partial charge >= 0.3 is 0 Å². The molecule has 3 rings (SSSR count). The monoisotopic (exact) mass is 333 g/mol. The lowest BCUT2D eigenvalue weighted by Crippen LogP contribution is -2.13. The Balaban J connectivity index is 1.59. The molecule has 0 aliphatic heterocycles. The van der Waals surface area contributed by atoms with Crippen LogP contribution in [0.5, 0.6) is 0 Å². The highest BCUT2D eigenvalue weighted by atomic mass is 32.2. The predicted molar refractivity (Wildman–Crippen MR) is 83.7 cm³/mol. The fourth-order valence-electron chi connectivity index (χ4n) is 1.67. The molecule has 0 saturated carbocycles. The van der Waals surface area contributed by atoms with E-state index >= 15 is 0 Å². The van der Waals surface area contributed by atoms with Crippen LogP contribution in [0.3, 0.4) is 0 Å². The van der Waals surface area contributed by atoms with Crippen molar-refractivity contribution in [1.82, 2.24) is 20.4 Å². The minimum absolute atomic E-state index is 0.162. The van der Waals surface area contributed by atoms with Gasteiger partial charge < -0.3 is 4.42 Å². The van der Waals surface area contributed by atoms with Crippen LogP contribution in [-0.2, 0) is 4.79 Å². The lowest BCUT2D eigenvalue weighted by atomic mass is 10.1. The van der Waals surface area contributed by atoms with E-state index in [1.165, 1.54) is 23.1 Å². The van der Waals surface area contributed by atoms with Gasteiger partial charge in [0.1, 0.15) is 5.51 Å². The Labute approximate surface area is 134 Å². The molecule has 0 aliphatic carbocycles. The van der Waals surface area contributed by atoms with Crippen molar-refractivity contribution in [3.05, 3.63) is 35.3 Å². The maximum atomic E-state index is 11.7. The molecule has 1 N–H and O–H groups in total. The van der Waals surface area contributed by atoms with Gasteiger partial charge in [-0.05, 0) is 19.1 Å². The van der Waals surface area contributed by atoms with Crippen molar-refractivity contribution in [1.29, 1.82) is 0 Å². The van der Waals surface area contributed by atoms with Crippen LogP contribution in [-0.4, -0.2) is 32.1 Å². The van der Waals surface area contributed by atoms with E-state index < -0.39 is 0 Å². The maximum Gasteiger partial charge on any atom is 0.277 e. The summed E-state index contributed by atoms with van der Waals surface area (Å²) >= 11 is 2.44. The molecule has 2 heterocycles. The number of anilines is 1. The second-order valence-electron chi connectivity index (χ2n) is 4.32. The second-order valence-corrected chi connectivity index (χ2v) is 6.08. The zero-order valence-electron chi connectivity index (χ0n) is 11.5. The van der Waals surface area contributed by atoms with E-state index in [-0.39, 0.29) is 11.7 Å². The number of benzene rings is 1. The maximum absolute atomic E-state index is 11.7. The molecule has 0 spiro atoms. The molecule has 2 aromatic heterocycles. The van der Waals surface area contributed by atoms with Gasteiger partial charge in [-0.3, -0.25) is 10.1 Å². The summed E-state index contributed by atoms with van der Waals surface area (Å²) < 4.78 is 5.55. The minimum atomic E-state index is -0.197. The zero-order valence-corrected chi connectivity index (χ0v) is 13.1. The van der Waals surface area contributed by atoms with E-state index in [4.69, 9.17) is 4.42 Å². The lowest BCUT2D eigenvalue weighted by molar-refractivity contribution is -0.113. The first-order chi connectivity index (χ1) is 10.7. The molecule has 0 radical (unpaired) electrons. The van der Waals surface area contributed by atoms with Crippen LogP contribution in [0.15, 0.2) is 39.4 Å². The number of thioether (sulfide) groups is 1. The number of carbonyl (C=O) groups excluding carboxylic acids is 1. The Kier molecular flexibility index (Phi) is 4.45. The van der Waals surface area contributed by atoms with Crippen LogP contribution in [0.2, 0.25) is 0 Å². The molecule has 1 aromatic carbocycles. The summed E-state index contributed by atoms with van der Waals surface area (Å²) in [6, 6.07) is 7.78. The fraction of sp³-hybridized carbons (Fsp3) is 0.154. The zero-order chi connectivity index (χ0) is 15.4. The van der Waals surface area contributed by atoms with Crippen LogP contribution in [0.4, 0.5) is 5.13 Å². The number of rotatable bonds is 5. The molecule has 0 aliphatic rings. The van der Waals surface area contributed by atoms with Crippen molar-refractivity contribution in [2.45, 2.75) is 12.1 Å². The summed E-state index contributed by atoms with van der Waals surface area (Å²) in [6.07, 6.45) is 0. The van der Waals surface area contributed by atoms with Crippen LogP contribution in [0.25, 0.3) is 11.5 Å². The fourth-order valence-corrected chi connectivity index (χ4v) is 2.70. The molecule has 0 unspecified atom stereocenters. The Morgan fingerprint density at radius 2 is 2.27 bits per heavy atom. The Morgan fingerprint density at radius 3 is 3.05 bits per heavy atom. The van der Waals surface area contributed by atoms with E-state index in [1.807, 2.05) is 31.2 Å². The first kappa shape index (κ1) is 14.7. The molecule has 7 nitrogen and oxygen atoms in total. The summed E-state index contributed by atoms with van der Waals surface area (Å²) in [5.74, 6) is 0.405. The Hall–Kier alpha value is -2.26. The van der Waals surface area contributed by atoms with Gasteiger partial charge in [-0.15, -0.1) is 20.4 Å². The lowest BCUT2D eigenvalue weighted by Gasteiger charge is -1.98. The van der Waals surface area contributed by atoms with Gasteiger partial charge in [0.15, 0.2) is 0 Å². The highest BCUT2D eigenvalue weighted by molar-refractivity contribution is 7.99. The van der Waals surface area contributed by atoms with Crippen molar-refractivity contribution in [2.24, 2.45) is 0 Å². The molecule has 22 heavy (non-hydrogen) atoms. The first-order valence-electron chi connectivity index (χ1n) is 6.30. The normalized spacial score (nSPS) is 10.6. The number of aryl methyl sites for hydroxylation is 1. The summed E-state index contributed by atoms with van der Waals surface area (Å²) in [5.41, 5.74) is 3.52. The quantitative estimate of drug-likeness (QED) is 0.717. The number of nitrogens with one attached hydrogen (secondary N) is 1. The van der Waals surface area contributed by atoms with E-state index in [9.17, 15) is 4.79 Å². The molecule has 0 atom stereocenters. The molecular formula is C13H11N5O2S2. The Morgan fingerprint density at radius 1 is 1.36 bits per heavy atom. The largest absolute Gasteiger partial charge is 0.411 e. The molecule has 112 valence electrons. The second kappa shape index (κ2) is 6.67. The summed E-state index contributed by atoms with van der Waals surface area (Å²) in [6.45, 7) is 1.99. The smallest absolute Gasteiger partial charge is 0.277 e. The predicted octanol–water partition coefficient (Wildman–Crippen LogP) is 2.63. The van der Waals surface area contributed by atoms with Crippen LogP contribution < -0.4 is 5.32 Å². The number of nitrogens with zero attached hydrogens (tertiary/aromatic N) is 4. The molecule has 0 fully saturated rings. The highest BCUT2D eigenvalue weighted by Gasteiger charge is 2.12. The van der Waals surface area contributed by atoms with E-state index in [0.717, 1.165) is 11.1 Å². The van der Waals surface area contributed by atoms with E-state index in [2.05, 4.69) is 25.7 Å². The number of carbonyl (C=O) groups is 1. The molecular weight excluding hydrogens is 322 g/mol. The topological polar surface area (TPSA) is 93.8 Å². The van der Waals surface area contributed by atoms with E-state index in [1.54, 1.807) is 5.51 Å². The van der Waals surface area contributed by atoms with Gasteiger partial charge in [-0.2, -0.15) is 0 Å². The van der Waals surface area contributed by atoms with Gasteiger partial charge in [-0.25, -0.2) is 0 Å². The third-order valence-electron chi connectivity index (χ3n) is 2.60. The molecule has 9 heteroatoms. The van der Waals surface area contributed by atoms with Gasteiger partial charge in [0.05, 0.1) is 5.75 Å². The molecule has 0 saturated heterocycles. The van der Waals surface area contributed by atoms with Crippen LogP contribution in [0.1, 0.15) is 5.56 Å². The molecule has 3 aromatic rings. The van der Waals surface area contributed by atoms with Crippen molar-refractivity contribution in [2.75, 3.05) is 11.1 Å². The van der Waals surface area contributed by atoms with Gasteiger partial charge in [0, 0.05) is 5.56 Å². The number of hydrogen-bond acceptors (Lipinski definition) is 8. The first-order valence-corrected chi connectivity index (χ1v) is 8.16. The van der Waals surface area contributed by atoms with Crippen LogP contribution >= 0.6 is 23.1 Å². The third kappa shape index (κ3) is 3.68. The molecule has 1 amide bonds. The number of hydrogen-bond donors (Lipinski definition) is 1. The summed E-state index contributed by atoms with van der Waals surface area (Å²) in [7, 11) is 0. The average Bonchev–Trinajstić information content (AvgIpc) is 3.16. The van der Waals surface area contributed by atoms with Gasteiger partial charge in [0.2, 0.25) is 16.9 Å². The van der Waals surface area contributed by atoms with Crippen molar-refractivity contribution < 1.29 is 9.21 Å². The van der Waals surface area contributed by atoms with E-state index in [0.29, 0.717) is 16.2 Å². The number of aromatic nitrogens is 4.